The van der Waals surface area contributed by atoms with Crippen LogP contribution >= 0.6 is 0 Å². The maximum atomic E-state index is 11.9. The van der Waals surface area contributed by atoms with E-state index in [0.29, 0.717) is 6.42 Å². The number of carboxylic acid groups (broad SMARTS) is 1. The van der Waals surface area contributed by atoms with Crippen molar-refractivity contribution in [2.45, 2.75) is 103 Å². The van der Waals surface area contributed by atoms with Crippen molar-refractivity contribution in [2.24, 2.45) is 5.41 Å². The lowest BCUT2D eigenvalue weighted by Crippen LogP contribution is -2.37. The van der Waals surface area contributed by atoms with Crippen LogP contribution in [0.2, 0.25) is 0 Å². The summed E-state index contributed by atoms with van der Waals surface area (Å²) in [7, 11) is 0. The van der Waals surface area contributed by atoms with E-state index < -0.39 is 11.4 Å². The van der Waals surface area contributed by atoms with Crippen molar-refractivity contribution in [3.63, 3.8) is 0 Å². The molecule has 2 atom stereocenters. The van der Waals surface area contributed by atoms with Gasteiger partial charge in [0.15, 0.2) is 0 Å². The van der Waals surface area contributed by atoms with Gasteiger partial charge in [0.25, 0.3) is 0 Å². The highest BCUT2D eigenvalue weighted by Gasteiger charge is 2.45. The number of rotatable bonds is 7. The second-order valence-electron chi connectivity index (χ2n) is 7.27. The van der Waals surface area contributed by atoms with Crippen LogP contribution in [0.25, 0.3) is 0 Å². The van der Waals surface area contributed by atoms with Crippen molar-refractivity contribution in [3.05, 3.63) is 0 Å². The highest BCUT2D eigenvalue weighted by molar-refractivity contribution is 5.74. The van der Waals surface area contributed by atoms with Gasteiger partial charge in [-0.2, -0.15) is 0 Å². The van der Waals surface area contributed by atoms with Gasteiger partial charge < -0.3 is 9.84 Å². The fraction of sp³-hybridized carbons (Fsp3) is 0.944. The van der Waals surface area contributed by atoms with Gasteiger partial charge in [-0.25, -0.2) is 0 Å². The first-order chi connectivity index (χ1) is 10.1. The first-order valence-electron chi connectivity index (χ1n) is 8.97. The van der Waals surface area contributed by atoms with Crippen LogP contribution in [0.3, 0.4) is 0 Å². The highest BCUT2D eigenvalue weighted by Crippen LogP contribution is 2.46. The summed E-state index contributed by atoms with van der Waals surface area (Å²) in [4.78, 5) is 11.9. The van der Waals surface area contributed by atoms with Crippen LogP contribution in [-0.2, 0) is 9.53 Å². The van der Waals surface area contributed by atoms with Gasteiger partial charge in [0, 0.05) is 0 Å². The number of hydrogen-bond donors (Lipinski definition) is 1. The average Bonchev–Trinajstić information content (AvgIpc) is 2.86. The van der Waals surface area contributed by atoms with E-state index in [-0.39, 0.29) is 11.7 Å². The lowest BCUT2D eigenvalue weighted by Gasteiger charge is -2.35. The molecule has 1 aliphatic carbocycles. The molecule has 122 valence electrons. The maximum Gasteiger partial charge on any atom is 0.309 e. The van der Waals surface area contributed by atoms with Crippen molar-refractivity contribution in [2.75, 3.05) is 0 Å². The summed E-state index contributed by atoms with van der Waals surface area (Å²) in [6, 6.07) is 0. The molecule has 0 aromatic rings. The van der Waals surface area contributed by atoms with Crippen molar-refractivity contribution >= 4 is 5.97 Å². The fourth-order valence-electron chi connectivity index (χ4n) is 4.32. The summed E-state index contributed by atoms with van der Waals surface area (Å²) in [6.45, 7) is 4.15. The second kappa shape index (κ2) is 7.13. The van der Waals surface area contributed by atoms with Gasteiger partial charge in [0.1, 0.15) is 0 Å². The van der Waals surface area contributed by atoms with E-state index in [0.717, 1.165) is 38.5 Å². The molecule has 1 aliphatic heterocycles. The van der Waals surface area contributed by atoms with Gasteiger partial charge in [-0.15, -0.1) is 0 Å². The van der Waals surface area contributed by atoms with Crippen molar-refractivity contribution in [3.8, 4) is 0 Å². The number of carboxylic acids is 1. The lowest BCUT2D eigenvalue weighted by molar-refractivity contribution is -0.154. The Balaban J connectivity index is 1.99. The normalized spacial score (nSPS) is 27.6. The Bertz CT molecular complexity index is 346. The monoisotopic (exact) mass is 296 g/mol. The number of aliphatic carboxylic acids is 1. The van der Waals surface area contributed by atoms with Crippen LogP contribution in [0.1, 0.15) is 90.9 Å². The molecule has 2 unspecified atom stereocenters. The minimum absolute atomic E-state index is 0.103. The molecule has 0 aromatic carbocycles. The van der Waals surface area contributed by atoms with Gasteiger partial charge >= 0.3 is 5.97 Å². The molecule has 0 aromatic heterocycles. The lowest BCUT2D eigenvalue weighted by atomic mass is 9.75. The Morgan fingerprint density at radius 1 is 1.24 bits per heavy atom. The molecule has 2 aliphatic rings. The summed E-state index contributed by atoms with van der Waals surface area (Å²) in [6.07, 6.45) is 12.9. The van der Waals surface area contributed by atoms with Gasteiger partial charge in [-0.1, -0.05) is 46.0 Å². The Morgan fingerprint density at radius 2 is 1.95 bits per heavy atom. The second-order valence-corrected chi connectivity index (χ2v) is 7.27. The highest BCUT2D eigenvalue weighted by atomic mass is 16.5. The fourth-order valence-corrected chi connectivity index (χ4v) is 4.32. The van der Waals surface area contributed by atoms with Gasteiger partial charge in [-0.3, -0.25) is 4.79 Å². The molecule has 0 amide bonds. The zero-order valence-electron chi connectivity index (χ0n) is 13.8. The van der Waals surface area contributed by atoms with Gasteiger partial charge in [0.05, 0.1) is 17.1 Å². The SMILES string of the molecule is CCCCC(CC)(CC1CCC2(CCCCC2)O1)C(=O)O. The van der Waals surface area contributed by atoms with Crippen LogP contribution in [0.15, 0.2) is 0 Å². The molecule has 1 spiro atoms. The van der Waals surface area contributed by atoms with Crippen molar-refractivity contribution < 1.29 is 14.6 Å². The molecule has 2 fully saturated rings. The number of carbonyl (C=O) groups is 1. The topological polar surface area (TPSA) is 46.5 Å². The molecule has 1 saturated carbocycles. The van der Waals surface area contributed by atoms with E-state index in [1.807, 2.05) is 6.92 Å². The van der Waals surface area contributed by atoms with E-state index in [2.05, 4.69) is 6.92 Å². The predicted molar refractivity (Wildman–Crippen MR) is 84.4 cm³/mol. The molecule has 3 heteroatoms. The third kappa shape index (κ3) is 3.80. The van der Waals surface area contributed by atoms with Crippen LogP contribution < -0.4 is 0 Å². The van der Waals surface area contributed by atoms with E-state index in [1.54, 1.807) is 0 Å². The van der Waals surface area contributed by atoms with Gasteiger partial charge in [0.2, 0.25) is 0 Å². The summed E-state index contributed by atoms with van der Waals surface area (Å²) in [5.41, 5.74) is -0.466. The molecule has 3 nitrogen and oxygen atoms in total. The van der Waals surface area contributed by atoms with Crippen LogP contribution in [0.4, 0.5) is 0 Å². The van der Waals surface area contributed by atoms with E-state index >= 15 is 0 Å². The Kier molecular flexibility index (Phi) is 5.70. The summed E-state index contributed by atoms with van der Waals surface area (Å²) < 4.78 is 6.41. The van der Waals surface area contributed by atoms with Crippen LogP contribution in [0.5, 0.6) is 0 Å². The van der Waals surface area contributed by atoms with Crippen molar-refractivity contribution in [1.82, 2.24) is 0 Å². The Labute approximate surface area is 129 Å². The zero-order chi connectivity index (χ0) is 15.3. The van der Waals surface area contributed by atoms with Crippen LogP contribution in [-0.4, -0.2) is 22.8 Å². The van der Waals surface area contributed by atoms with Crippen molar-refractivity contribution in [1.29, 1.82) is 0 Å². The zero-order valence-corrected chi connectivity index (χ0v) is 13.8. The molecule has 1 heterocycles. The quantitative estimate of drug-likeness (QED) is 0.724. The Hall–Kier alpha value is -0.570. The largest absolute Gasteiger partial charge is 0.481 e. The molecule has 2 rings (SSSR count). The smallest absolute Gasteiger partial charge is 0.309 e. The molecular formula is C18H32O3. The molecule has 21 heavy (non-hydrogen) atoms. The number of hydrogen-bond acceptors (Lipinski definition) is 2. The van der Waals surface area contributed by atoms with E-state index in [4.69, 9.17) is 4.74 Å². The van der Waals surface area contributed by atoms with Gasteiger partial charge in [-0.05, 0) is 44.9 Å². The summed E-state index contributed by atoms with van der Waals surface area (Å²) in [5, 5.41) is 9.76. The third-order valence-electron chi connectivity index (χ3n) is 5.86. The minimum Gasteiger partial charge on any atom is -0.481 e. The molecule has 1 N–H and O–H groups in total. The molecule has 0 bridgehead atoms. The third-order valence-corrected chi connectivity index (χ3v) is 5.86. The minimum atomic E-state index is -0.619. The summed E-state index contributed by atoms with van der Waals surface area (Å²) >= 11 is 0. The predicted octanol–water partition coefficient (Wildman–Crippen LogP) is 4.93. The van der Waals surface area contributed by atoms with Crippen LogP contribution in [0, 0.1) is 5.41 Å². The van der Waals surface area contributed by atoms with E-state index in [1.165, 1.54) is 32.1 Å². The Morgan fingerprint density at radius 3 is 2.52 bits per heavy atom. The molecule has 0 radical (unpaired) electrons. The molecular weight excluding hydrogens is 264 g/mol. The summed E-state index contributed by atoms with van der Waals surface area (Å²) in [5.74, 6) is -0.619. The first kappa shape index (κ1) is 16.8. The number of unbranched alkanes of at least 4 members (excludes halogenated alkanes) is 1. The number of ether oxygens (including phenoxy) is 1. The first-order valence-corrected chi connectivity index (χ1v) is 8.97. The maximum absolute atomic E-state index is 11.9. The molecule has 1 saturated heterocycles. The average molecular weight is 296 g/mol. The van der Waals surface area contributed by atoms with E-state index in [9.17, 15) is 9.90 Å². The standard InChI is InChI=1S/C18H32O3/c1-3-5-10-17(4-2,16(19)20)14-15-9-13-18(21-15)11-7-6-8-12-18/h15H,3-14H2,1-2H3,(H,19,20).